The van der Waals surface area contributed by atoms with E-state index in [0.29, 0.717) is 0 Å². The highest BCUT2D eigenvalue weighted by Crippen LogP contribution is 2.51. The van der Waals surface area contributed by atoms with Crippen LogP contribution in [0.4, 0.5) is 17.1 Å². The Morgan fingerprint density at radius 2 is 0.915 bits per heavy atom. The Hall–Kier alpha value is -5.55. The van der Waals surface area contributed by atoms with Crippen LogP contribution < -0.4 is 4.90 Å². The van der Waals surface area contributed by atoms with Crippen LogP contribution >= 0.6 is 22.7 Å². The summed E-state index contributed by atoms with van der Waals surface area (Å²) in [6.07, 6.45) is 0. The van der Waals surface area contributed by atoms with Crippen LogP contribution in [0.3, 0.4) is 0 Å². The van der Waals surface area contributed by atoms with E-state index in [4.69, 9.17) is 4.98 Å². The van der Waals surface area contributed by atoms with Crippen molar-refractivity contribution in [2.45, 2.75) is 0 Å². The Bertz CT molecular complexity index is 2400. The third kappa shape index (κ3) is 4.99. The standard InChI is InChI=1S/C43H28N2S2/c1-4-12-29(13-5-1)31-20-24-34(25-21-31)45(35-26-22-32(23-27-35)30-14-6-2-7-15-30)41-40-36-18-10-11-19-38(36)46-39(40)28-37-42(41)47-43(44-37)33-16-8-3-9-17-33/h1-28H. The fourth-order valence-electron chi connectivity index (χ4n) is 6.44. The van der Waals surface area contributed by atoms with Gasteiger partial charge in [0, 0.05) is 37.1 Å². The van der Waals surface area contributed by atoms with E-state index in [9.17, 15) is 0 Å². The van der Waals surface area contributed by atoms with Crippen LogP contribution in [0.25, 0.3) is 63.2 Å². The topological polar surface area (TPSA) is 16.1 Å². The van der Waals surface area contributed by atoms with Gasteiger partial charge in [0.05, 0.1) is 15.9 Å². The molecule has 0 unspecified atom stereocenters. The van der Waals surface area contributed by atoms with Gasteiger partial charge in [-0.3, -0.25) is 0 Å². The molecule has 0 radical (unpaired) electrons. The van der Waals surface area contributed by atoms with Crippen LogP contribution in [0.5, 0.6) is 0 Å². The largest absolute Gasteiger partial charge is 0.308 e. The first-order valence-electron chi connectivity index (χ1n) is 15.7. The second-order valence-corrected chi connectivity index (χ2v) is 13.7. The average Bonchev–Trinajstić information content (AvgIpc) is 3.75. The first-order chi connectivity index (χ1) is 23.3. The van der Waals surface area contributed by atoms with E-state index in [1.165, 1.54) is 52.8 Å². The van der Waals surface area contributed by atoms with Crippen molar-refractivity contribution >= 4 is 70.1 Å². The number of fused-ring (bicyclic) bond motifs is 4. The van der Waals surface area contributed by atoms with Crippen molar-refractivity contribution in [2.75, 3.05) is 4.90 Å². The van der Waals surface area contributed by atoms with Gasteiger partial charge < -0.3 is 4.90 Å². The molecule has 0 saturated carbocycles. The molecule has 4 heteroatoms. The molecule has 7 aromatic carbocycles. The predicted octanol–water partition coefficient (Wildman–Crippen LogP) is 13.1. The smallest absolute Gasteiger partial charge is 0.124 e. The number of hydrogen-bond donors (Lipinski definition) is 0. The Balaban J connectivity index is 1.32. The molecular formula is C43H28N2S2. The number of benzene rings is 7. The van der Waals surface area contributed by atoms with Gasteiger partial charge in [-0.15, -0.1) is 22.7 Å². The number of thiophene rings is 1. The molecule has 2 aromatic heterocycles. The normalized spacial score (nSPS) is 11.4. The van der Waals surface area contributed by atoms with Gasteiger partial charge in [0.2, 0.25) is 0 Å². The molecule has 0 N–H and O–H groups in total. The molecule has 9 rings (SSSR count). The Labute approximate surface area is 281 Å². The summed E-state index contributed by atoms with van der Waals surface area (Å²) < 4.78 is 3.70. The molecule has 222 valence electrons. The molecule has 2 heterocycles. The number of nitrogens with zero attached hydrogens (tertiary/aromatic N) is 2. The zero-order valence-electron chi connectivity index (χ0n) is 25.4. The van der Waals surface area contributed by atoms with Crippen molar-refractivity contribution in [3.63, 3.8) is 0 Å². The Morgan fingerprint density at radius 3 is 1.49 bits per heavy atom. The monoisotopic (exact) mass is 636 g/mol. The van der Waals surface area contributed by atoms with E-state index >= 15 is 0 Å². The highest BCUT2D eigenvalue weighted by atomic mass is 32.1. The second kappa shape index (κ2) is 11.7. The lowest BCUT2D eigenvalue weighted by Gasteiger charge is -2.27. The van der Waals surface area contributed by atoms with E-state index in [1.807, 2.05) is 11.3 Å². The molecule has 0 amide bonds. The highest BCUT2D eigenvalue weighted by molar-refractivity contribution is 7.26. The number of thiazole rings is 1. The van der Waals surface area contributed by atoms with Gasteiger partial charge >= 0.3 is 0 Å². The van der Waals surface area contributed by atoms with Crippen molar-refractivity contribution in [3.05, 3.63) is 170 Å². The fourth-order valence-corrected chi connectivity index (χ4v) is 8.67. The van der Waals surface area contributed by atoms with E-state index in [0.717, 1.165) is 27.5 Å². The van der Waals surface area contributed by atoms with E-state index < -0.39 is 0 Å². The zero-order valence-corrected chi connectivity index (χ0v) is 27.0. The number of hydrogen-bond acceptors (Lipinski definition) is 4. The molecule has 0 aliphatic heterocycles. The molecule has 0 spiro atoms. The molecule has 0 aliphatic rings. The summed E-state index contributed by atoms with van der Waals surface area (Å²) in [5.41, 5.74) is 10.4. The van der Waals surface area contributed by atoms with Crippen molar-refractivity contribution in [3.8, 4) is 32.8 Å². The minimum Gasteiger partial charge on any atom is -0.308 e. The van der Waals surface area contributed by atoms with Gasteiger partial charge in [-0.1, -0.05) is 133 Å². The fraction of sp³-hybridized carbons (Fsp3) is 0. The van der Waals surface area contributed by atoms with E-state index in [2.05, 4.69) is 175 Å². The molecule has 47 heavy (non-hydrogen) atoms. The van der Waals surface area contributed by atoms with Gasteiger partial charge in [-0.05, 0) is 58.7 Å². The maximum atomic E-state index is 5.24. The summed E-state index contributed by atoms with van der Waals surface area (Å²) >= 11 is 3.61. The molecule has 0 fully saturated rings. The number of rotatable bonds is 6. The minimum absolute atomic E-state index is 1.02. The summed E-state index contributed by atoms with van der Waals surface area (Å²) in [6.45, 7) is 0. The molecule has 0 saturated heterocycles. The minimum atomic E-state index is 1.02. The SMILES string of the molecule is c1ccc(-c2ccc(N(c3ccc(-c4ccccc4)cc3)c3c4sc(-c5ccccc5)nc4cc4sc5ccccc5c34)cc2)cc1. The second-order valence-electron chi connectivity index (χ2n) is 11.6. The maximum absolute atomic E-state index is 5.24. The van der Waals surface area contributed by atoms with E-state index in [-0.39, 0.29) is 0 Å². The zero-order chi connectivity index (χ0) is 31.2. The van der Waals surface area contributed by atoms with Crippen molar-refractivity contribution in [1.29, 1.82) is 0 Å². The first-order valence-corrected chi connectivity index (χ1v) is 17.3. The first kappa shape index (κ1) is 27.7. The van der Waals surface area contributed by atoms with Gasteiger partial charge in [-0.2, -0.15) is 0 Å². The van der Waals surface area contributed by atoms with Crippen LogP contribution in [0.15, 0.2) is 170 Å². The maximum Gasteiger partial charge on any atom is 0.124 e. The number of anilines is 3. The molecule has 9 aromatic rings. The van der Waals surface area contributed by atoms with Crippen LogP contribution in [-0.2, 0) is 0 Å². The molecule has 0 atom stereocenters. The summed E-state index contributed by atoms with van der Waals surface area (Å²) in [6, 6.07) is 60.7. The van der Waals surface area contributed by atoms with Crippen LogP contribution in [0.1, 0.15) is 0 Å². The Kier molecular flexibility index (Phi) is 6.89. The van der Waals surface area contributed by atoms with E-state index in [1.54, 1.807) is 11.3 Å². The van der Waals surface area contributed by atoms with Crippen molar-refractivity contribution in [2.24, 2.45) is 0 Å². The lowest BCUT2D eigenvalue weighted by atomic mass is 10.0. The molecule has 2 nitrogen and oxygen atoms in total. The van der Waals surface area contributed by atoms with Gasteiger partial charge in [-0.25, -0.2) is 4.98 Å². The number of aromatic nitrogens is 1. The lowest BCUT2D eigenvalue weighted by molar-refractivity contribution is 1.31. The summed E-state index contributed by atoms with van der Waals surface area (Å²) in [7, 11) is 0. The van der Waals surface area contributed by atoms with Gasteiger partial charge in [0.1, 0.15) is 5.01 Å². The summed E-state index contributed by atoms with van der Waals surface area (Å²) in [4.78, 5) is 7.68. The highest BCUT2D eigenvalue weighted by Gasteiger charge is 2.24. The molecular weight excluding hydrogens is 609 g/mol. The predicted molar refractivity (Wildman–Crippen MR) is 203 cm³/mol. The van der Waals surface area contributed by atoms with Crippen LogP contribution in [0, 0.1) is 0 Å². The summed E-state index contributed by atoms with van der Waals surface area (Å²) in [5.74, 6) is 0. The van der Waals surface area contributed by atoms with Crippen LogP contribution in [0.2, 0.25) is 0 Å². The third-order valence-corrected chi connectivity index (χ3v) is 11.0. The quantitative estimate of drug-likeness (QED) is 0.181. The Morgan fingerprint density at radius 1 is 0.426 bits per heavy atom. The summed E-state index contributed by atoms with van der Waals surface area (Å²) in [5, 5.41) is 3.56. The van der Waals surface area contributed by atoms with Crippen LogP contribution in [-0.4, -0.2) is 4.98 Å². The van der Waals surface area contributed by atoms with Gasteiger partial charge in [0.15, 0.2) is 0 Å². The van der Waals surface area contributed by atoms with Crippen molar-refractivity contribution in [1.82, 2.24) is 4.98 Å². The molecule has 0 aliphatic carbocycles. The third-order valence-electron chi connectivity index (χ3n) is 8.71. The average molecular weight is 637 g/mol. The van der Waals surface area contributed by atoms with Gasteiger partial charge in [0.25, 0.3) is 0 Å². The molecule has 0 bridgehead atoms. The lowest BCUT2D eigenvalue weighted by Crippen LogP contribution is -2.10. The van der Waals surface area contributed by atoms with Crippen molar-refractivity contribution < 1.29 is 0 Å².